The van der Waals surface area contributed by atoms with Crippen LogP contribution < -0.4 is 5.73 Å². The lowest BCUT2D eigenvalue weighted by Gasteiger charge is -2.41. The molecule has 0 amide bonds. The van der Waals surface area contributed by atoms with Crippen LogP contribution in [0.1, 0.15) is 54.0 Å². The molecule has 2 aromatic carbocycles. The summed E-state index contributed by atoms with van der Waals surface area (Å²) in [5.74, 6) is -13.1. The highest BCUT2D eigenvalue weighted by molar-refractivity contribution is 6.03. The number of nitrogens with zero attached hydrogens (tertiary/aromatic N) is 1. The molecule has 16 heteroatoms. The number of carboxylic acid groups (broad SMARTS) is 4. The Hall–Kier alpha value is -4.18. The molecule has 2 aromatic rings. The summed E-state index contributed by atoms with van der Waals surface area (Å²) in [5, 5.41) is 34.1. The van der Waals surface area contributed by atoms with Crippen molar-refractivity contribution in [1.82, 2.24) is 5.34 Å². The molecule has 35 heavy (non-hydrogen) atoms. The second kappa shape index (κ2) is 8.88. The fourth-order valence-electron chi connectivity index (χ4n) is 3.56. The molecule has 0 radical (unpaired) electrons. The zero-order valence-electron chi connectivity index (χ0n) is 17.8. The standard InChI is InChI=1S/C19H12F6N2O8.H/c20-18(21,22)17(19(23,26)27(24)25,7-1-3-9(13(28)29)11(5-7)15(32)33)8-2-4-10(14(30)31)12(6-8)16(34)35;/h1-6H,26H2,(H,28,29)(H,30,31)(H,32,33)(H,34,35);/q;-1/p+1. The van der Waals surface area contributed by atoms with Gasteiger partial charge in [-0.3, -0.25) is 0 Å². The van der Waals surface area contributed by atoms with E-state index in [2.05, 4.69) is 5.73 Å². The van der Waals surface area contributed by atoms with Crippen LogP contribution in [-0.4, -0.2) is 61.7 Å². The third-order valence-electron chi connectivity index (χ3n) is 5.09. The molecule has 7 N–H and O–H groups in total. The van der Waals surface area contributed by atoms with Crippen molar-refractivity contribution >= 4 is 23.9 Å². The molecule has 0 saturated carbocycles. The third kappa shape index (κ3) is 4.24. The van der Waals surface area contributed by atoms with Gasteiger partial charge in [-0.1, -0.05) is 21.1 Å². The number of carbonyl (C=O) groups is 4. The summed E-state index contributed by atoms with van der Waals surface area (Å²) in [6, 6.07) is 0.960. The van der Waals surface area contributed by atoms with E-state index in [9.17, 15) is 51.5 Å². The number of aromatic carboxylic acids is 4. The molecule has 0 bridgehead atoms. The molecular formula is C19H14F6N2O8. The van der Waals surface area contributed by atoms with Gasteiger partial charge in [-0.25, -0.2) is 19.2 Å². The lowest BCUT2D eigenvalue weighted by molar-refractivity contribution is -0.637. The van der Waals surface area contributed by atoms with Crippen LogP contribution in [0.5, 0.6) is 0 Å². The molecule has 0 saturated heterocycles. The molecule has 10 nitrogen and oxygen atoms in total. The number of rotatable bonds is 8. The van der Waals surface area contributed by atoms with Crippen LogP contribution in [0.15, 0.2) is 36.4 Å². The highest BCUT2D eigenvalue weighted by Crippen LogP contribution is 2.54. The van der Waals surface area contributed by atoms with E-state index < -0.39 is 80.1 Å². The van der Waals surface area contributed by atoms with Gasteiger partial charge in [-0.2, -0.15) is 17.6 Å². The fourth-order valence-corrected chi connectivity index (χ4v) is 3.56. The van der Waals surface area contributed by atoms with Crippen LogP contribution in [0, 0.1) is 0 Å². The Bertz CT molecular complexity index is 1160. The maximum Gasteiger partial charge on any atom is 0.413 e. The van der Waals surface area contributed by atoms with Crippen molar-refractivity contribution in [3.63, 3.8) is 0 Å². The molecule has 0 aliphatic rings. The highest BCUT2D eigenvalue weighted by Gasteiger charge is 2.75. The lowest BCUT2D eigenvalue weighted by atomic mass is 9.69. The van der Waals surface area contributed by atoms with E-state index in [1.807, 2.05) is 0 Å². The quantitative estimate of drug-likeness (QED) is 0.154. The molecule has 0 aromatic heterocycles. The Morgan fingerprint density at radius 2 is 1.00 bits per heavy atom. The number of benzene rings is 2. The summed E-state index contributed by atoms with van der Waals surface area (Å²) in [6.07, 6.45) is -6.12. The van der Waals surface area contributed by atoms with Gasteiger partial charge >= 0.3 is 36.0 Å². The number of hydrogen-bond donors (Lipinski definition) is 5. The van der Waals surface area contributed by atoms with Crippen LogP contribution in [-0.2, 0) is 5.41 Å². The van der Waals surface area contributed by atoms with Gasteiger partial charge in [0.25, 0.3) is 0 Å². The molecule has 1 unspecified atom stereocenters. The first-order valence-corrected chi connectivity index (χ1v) is 8.86. The zero-order valence-corrected chi connectivity index (χ0v) is 16.8. The summed E-state index contributed by atoms with van der Waals surface area (Å²) in [7, 11) is 0. The van der Waals surface area contributed by atoms with E-state index >= 15 is 4.39 Å². The average molecular weight is 512 g/mol. The summed E-state index contributed by atoms with van der Waals surface area (Å²) >= 11 is 0. The maximum absolute atomic E-state index is 15.4. The third-order valence-corrected chi connectivity index (χ3v) is 5.09. The summed E-state index contributed by atoms with van der Waals surface area (Å²) in [4.78, 5) is 45.5. The Labute approximate surface area is 190 Å². The number of halogens is 6. The smallest absolute Gasteiger partial charge is 0.413 e. The van der Waals surface area contributed by atoms with Gasteiger partial charge in [0.2, 0.25) is 5.41 Å². The largest absolute Gasteiger partial charge is 1.00 e. The van der Waals surface area contributed by atoms with Crippen molar-refractivity contribution in [3.05, 3.63) is 69.8 Å². The predicted molar refractivity (Wildman–Crippen MR) is 99.5 cm³/mol. The Morgan fingerprint density at radius 1 is 0.686 bits per heavy atom. The molecule has 1 atom stereocenters. The van der Waals surface area contributed by atoms with Crippen LogP contribution >= 0.6 is 0 Å². The van der Waals surface area contributed by atoms with Crippen LogP contribution in [0.4, 0.5) is 26.5 Å². The number of alkyl halides is 4. The van der Waals surface area contributed by atoms with E-state index in [-0.39, 0.29) is 25.7 Å². The van der Waals surface area contributed by atoms with Gasteiger partial charge in [-0.05, 0) is 35.4 Å². The van der Waals surface area contributed by atoms with Crippen molar-refractivity contribution in [2.75, 3.05) is 0 Å². The van der Waals surface area contributed by atoms with Gasteiger partial charge in [-0.15, -0.1) is 0 Å². The predicted octanol–water partition coefficient (Wildman–Crippen LogP) is 2.38. The second-order valence-corrected chi connectivity index (χ2v) is 6.98. The molecule has 0 heterocycles. The van der Waals surface area contributed by atoms with E-state index in [1.165, 1.54) is 0 Å². The summed E-state index contributed by atoms with van der Waals surface area (Å²) < 4.78 is 86.5. The maximum atomic E-state index is 15.4. The van der Waals surface area contributed by atoms with Crippen LogP contribution in [0.2, 0.25) is 0 Å². The normalized spacial score (nSPS) is 13.8. The van der Waals surface area contributed by atoms with Gasteiger partial charge in [0.05, 0.1) is 22.3 Å². The molecule has 0 aliphatic heterocycles. The monoisotopic (exact) mass is 512 g/mol. The Morgan fingerprint density at radius 3 is 1.23 bits per heavy atom. The number of carboxylic acids is 4. The first kappa shape index (κ1) is 27.1. The molecule has 0 fully saturated rings. The Kier molecular flexibility index (Phi) is 6.87. The minimum atomic E-state index is -6.12. The molecule has 0 aliphatic carbocycles. The summed E-state index contributed by atoms with van der Waals surface area (Å²) in [6.45, 7) is 0. The van der Waals surface area contributed by atoms with Gasteiger partial charge in [0, 0.05) is 0 Å². The highest BCUT2D eigenvalue weighted by atomic mass is 19.4. The van der Waals surface area contributed by atoms with Crippen molar-refractivity contribution in [2.45, 2.75) is 17.5 Å². The zero-order chi connectivity index (χ0) is 27.1. The number of hydrogen-bond acceptors (Lipinski definition) is 5. The molecule has 0 spiro atoms. The van der Waals surface area contributed by atoms with E-state index in [1.54, 1.807) is 0 Å². The van der Waals surface area contributed by atoms with Gasteiger partial charge in [0.1, 0.15) is 5.34 Å². The summed E-state index contributed by atoms with van der Waals surface area (Å²) in [5.41, 5.74) is -10.4. The van der Waals surface area contributed by atoms with Crippen molar-refractivity contribution in [3.8, 4) is 0 Å². The minimum absolute atomic E-state index is 0. The Balaban J connectivity index is 0.00000648. The van der Waals surface area contributed by atoms with Crippen LogP contribution in [0.3, 0.4) is 0 Å². The minimum Gasteiger partial charge on any atom is -1.00 e. The molecule has 2 rings (SSSR count). The SMILES string of the molecule is [H-].[NH3+]C(F)(N(F)F)C(c1ccc(C(=O)O)c(C(=O)O)c1)(c1ccc(C(=O)O)c(C(=O)O)c1)C(F)(F)F. The number of quaternary nitrogens is 1. The van der Waals surface area contributed by atoms with Crippen molar-refractivity contribution in [1.29, 1.82) is 0 Å². The fraction of sp³-hybridized carbons (Fsp3) is 0.158. The van der Waals surface area contributed by atoms with Crippen molar-refractivity contribution in [2.24, 2.45) is 0 Å². The van der Waals surface area contributed by atoms with Gasteiger partial charge in [0.15, 0.2) is 0 Å². The second-order valence-electron chi connectivity index (χ2n) is 6.98. The molecular weight excluding hydrogens is 498 g/mol. The average Bonchev–Trinajstić information content (AvgIpc) is 2.72. The van der Waals surface area contributed by atoms with E-state index in [0.29, 0.717) is 12.1 Å². The lowest BCUT2D eigenvalue weighted by Crippen LogP contribution is -2.85. The first-order chi connectivity index (χ1) is 15.9. The van der Waals surface area contributed by atoms with E-state index in [0.717, 1.165) is 0 Å². The van der Waals surface area contributed by atoms with Gasteiger partial charge < -0.3 is 27.6 Å². The topological polar surface area (TPSA) is 180 Å². The first-order valence-electron chi connectivity index (χ1n) is 8.86. The van der Waals surface area contributed by atoms with Crippen LogP contribution in [0.25, 0.3) is 0 Å². The van der Waals surface area contributed by atoms with Crippen molar-refractivity contribution < 1.29 is 73.3 Å². The van der Waals surface area contributed by atoms with E-state index in [4.69, 9.17) is 10.2 Å². The molecule has 190 valence electrons.